The summed E-state index contributed by atoms with van der Waals surface area (Å²) in [5, 5.41) is 11.1. The fourth-order valence-corrected chi connectivity index (χ4v) is 2.36. The van der Waals surface area contributed by atoms with Crippen LogP contribution in [-0.2, 0) is 13.1 Å². The van der Waals surface area contributed by atoms with E-state index >= 15 is 0 Å². The molecule has 6 nitrogen and oxygen atoms in total. The third-order valence-corrected chi connectivity index (χ3v) is 3.44. The summed E-state index contributed by atoms with van der Waals surface area (Å²) in [5.41, 5.74) is 1.74. The summed E-state index contributed by atoms with van der Waals surface area (Å²) < 4.78 is 1.98. The van der Waals surface area contributed by atoms with Crippen molar-refractivity contribution in [2.45, 2.75) is 20.0 Å². The summed E-state index contributed by atoms with van der Waals surface area (Å²) in [4.78, 5) is 14.3. The van der Waals surface area contributed by atoms with Crippen LogP contribution < -0.4 is 5.32 Å². The Morgan fingerprint density at radius 2 is 2.10 bits per heavy atom. The fraction of sp³-hybridized carbons (Fsp3) is 0.357. The van der Waals surface area contributed by atoms with E-state index in [4.69, 9.17) is 0 Å². The molecule has 104 valence electrons. The van der Waals surface area contributed by atoms with Crippen molar-refractivity contribution in [1.29, 1.82) is 0 Å². The second-order valence-corrected chi connectivity index (χ2v) is 4.77. The first kappa shape index (κ1) is 12.7. The smallest absolute Gasteiger partial charge is 0.254 e. The van der Waals surface area contributed by atoms with Gasteiger partial charge in [-0.1, -0.05) is 0 Å². The van der Waals surface area contributed by atoms with Crippen molar-refractivity contribution >= 4 is 11.6 Å². The summed E-state index contributed by atoms with van der Waals surface area (Å²) >= 11 is 0. The van der Waals surface area contributed by atoms with E-state index in [9.17, 15) is 4.79 Å². The molecule has 0 radical (unpaired) electrons. The van der Waals surface area contributed by atoms with Crippen molar-refractivity contribution in [2.24, 2.45) is 0 Å². The summed E-state index contributed by atoms with van der Waals surface area (Å²) in [6, 6.07) is 7.59. The van der Waals surface area contributed by atoms with Crippen molar-refractivity contribution in [3.05, 3.63) is 42.0 Å². The molecule has 2 heterocycles. The molecule has 2 aromatic rings. The Balaban J connectivity index is 1.73. The molecule has 0 unspecified atom stereocenters. The highest BCUT2D eigenvalue weighted by Crippen LogP contribution is 2.15. The SMILES string of the molecule is CCNc1ccc(C(=O)N2CCn3cnnc3C2)cc1. The summed E-state index contributed by atoms with van der Waals surface area (Å²) in [6.07, 6.45) is 1.71. The van der Waals surface area contributed by atoms with Gasteiger partial charge in [-0.25, -0.2) is 0 Å². The maximum absolute atomic E-state index is 12.4. The van der Waals surface area contributed by atoms with Gasteiger partial charge in [0.2, 0.25) is 0 Å². The summed E-state index contributed by atoms with van der Waals surface area (Å²) in [7, 11) is 0. The summed E-state index contributed by atoms with van der Waals surface area (Å²) in [5.74, 6) is 0.885. The molecule has 0 atom stereocenters. The number of hydrogen-bond donors (Lipinski definition) is 1. The Morgan fingerprint density at radius 1 is 1.30 bits per heavy atom. The van der Waals surface area contributed by atoms with Gasteiger partial charge in [0.1, 0.15) is 6.33 Å². The van der Waals surface area contributed by atoms with Gasteiger partial charge in [-0.3, -0.25) is 4.79 Å². The Labute approximate surface area is 117 Å². The molecule has 1 N–H and O–H groups in total. The number of benzene rings is 1. The van der Waals surface area contributed by atoms with Gasteiger partial charge in [0, 0.05) is 30.9 Å². The van der Waals surface area contributed by atoms with E-state index in [0.29, 0.717) is 18.7 Å². The maximum Gasteiger partial charge on any atom is 0.254 e. The molecule has 0 spiro atoms. The van der Waals surface area contributed by atoms with Crippen LogP contribution in [0.3, 0.4) is 0 Å². The standard InChI is InChI=1S/C14H17N5O/c1-2-15-12-5-3-11(4-6-12)14(20)18-7-8-19-10-16-17-13(19)9-18/h3-6,10,15H,2,7-9H2,1H3. The lowest BCUT2D eigenvalue weighted by Gasteiger charge is -2.27. The van der Waals surface area contributed by atoms with Crippen LogP contribution in [0.5, 0.6) is 0 Å². The normalized spacial score (nSPS) is 13.9. The average molecular weight is 271 g/mol. The number of nitrogens with one attached hydrogen (secondary N) is 1. The molecule has 0 aliphatic carbocycles. The highest BCUT2D eigenvalue weighted by Gasteiger charge is 2.22. The quantitative estimate of drug-likeness (QED) is 0.915. The minimum absolute atomic E-state index is 0.0438. The van der Waals surface area contributed by atoms with E-state index in [2.05, 4.69) is 15.5 Å². The molecule has 1 aromatic heterocycles. The van der Waals surface area contributed by atoms with Gasteiger partial charge in [-0.15, -0.1) is 10.2 Å². The molecule has 1 amide bonds. The minimum Gasteiger partial charge on any atom is -0.385 e. The van der Waals surface area contributed by atoms with E-state index in [-0.39, 0.29) is 5.91 Å². The molecule has 6 heteroatoms. The van der Waals surface area contributed by atoms with Crippen LogP contribution in [0.4, 0.5) is 5.69 Å². The number of fused-ring (bicyclic) bond motifs is 1. The molecular weight excluding hydrogens is 254 g/mol. The van der Waals surface area contributed by atoms with Crippen molar-refractivity contribution in [1.82, 2.24) is 19.7 Å². The third kappa shape index (κ3) is 2.36. The topological polar surface area (TPSA) is 63.1 Å². The van der Waals surface area contributed by atoms with Gasteiger partial charge in [-0.05, 0) is 31.2 Å². The molecule has 1 aromatic carbocycles. The van der Waals surface area contributed by atoms with Gasteiger partial charge in [0.05, 0.1) is 6.54 Å². The number of amides is 1. The first-order chi connectivity index (χ1) is 9.78. The van der Waals surface area contributed by atoms with Crippen molar-refractivity contribution in [3.8, 4) is 0 Å². The summed E-state index contributed by atoms with van der Waals surface area (Å²) in [6.45, 7) is 4.88. The number of anilines is 1. The number of aromatic nitrogens is 3. The molecule has 20 heavy (non-hydrogen) atoms. The molecule has 1 aliphatic rings. The molecule has 3 rings (SSSR count). The van der Waals surface area contributed by atoms with Gasteiger partial charge in [0.25, 0.3) is 5.91 Å². The van der Waals surface area contributed by atoms with Gasteiger partial charge in [-0.2, -0.15) is 0 Å². The van der Waals surface area contributed by atoms with E-state index in [1.165, 1.54) is 0 Å². The largest absolute Gasteiger partial charge is 0.385 e. The van der Waals surface area contributed by atoms with Crippen LogP contribution in [0.2, 0.25) is 0 Å². The van der Waals surface area contributed by atoms with Crippen LogP contribution in [0, 0.1) is 0 Å². The second-order valence-electron chi connectivity index (χ2n) is 4.77. The lowest BCUT2D eigenvalue weighted by molar-refractivity contribution is 0.0707. The first-order valence-corrected chi connectivity index (χ1v) is 6.78. The molecule has 0 saturated heterocycles. The number of hydrogen-bond acceptors (Lipinski definition) is 4. The third-order valence-electron chi connectivity index (χ3n) is 3.44. The molecule has 0 bridgehead atoms. The van der Waals surface area contributed by atoms with Crippen LogP contribution >= 0.6 is 0 Å². The van der Waals surface area contributed by atoms with E-state index < -0.39 is 0 Å². The zero-order chi connectivity index (χ0) is 13.9. The fourth-order valence-electron chi connectivity index (χ4n) is 2.36. The highest BCUT2D eigenvalue weighted by molar-refractivity contribution is 5.94. The number of carbonyl (C=O) groups excluding carboxylic acids is 1. The Hall–Kier alpha value is -2.37. The van der Waals surface area contributed by atoms with Crippen molar-refractivity contribution in [3.63, 3.8) is 0 Å². The minimum atomic E-state index is 0.0438. The lowest BCUT2D eigenvalue weighted by Crippen LogP contribution is -2.38. The monoisotopic (exact) mass is 271 g/mol. The van der Waals surface area contributed by atoms with Gasteiger partial charge in [0.15, 0.2) is 5.82 Å². The molecule has 1 aliphatic heterocycles. The Kier molecular flexibility index (Phi) is 3.37. The maximum atomic E-state index is 12.4. The van der Waals surface area contributed by atoms with Crippen molar-refractivity contribution < 1.29 is 4.79 Å². The lowest BCUT2D eigenvalue weighted by atomic mass is 10.1. The van der Waals surface area contributed by atoms with Crippen LogP contribution in [0.25, 0.3) is 0 Å². The van der Waals surface area contributed by atoms with E-state index in [1.54, 1.807) is 6.33 Å². The number of carbonyl (C=O) groups is 1. The van der Waals surface area contributed by atoms with Crippen LogP contribution in [0.1, 0.15) is 23.1 Å². The number of nitrogens with zero attached hydrogens (tertiary/aromatic N) is 4. The van der Waals surface area contributed by atoms with Gasteiger partial charge >= 0.3 is 0 Å². The van der Waals surface area contributed by atoms with E-state index in [1.807, 2.05) is 40.7 Å². The predicted octanol–water partition coefficient (Wildman–Crippen LogP) is 1.37. The number of rotatable bonds is 3. The second kappa shape index (κ2) is 5.32. The first-order valence-electron chi connectivity index (χ1n) is 6.78. The zero-order valence-corrected chi connectivity index (χ0v) is 11.4. The zero-order valence-electron chi connectivity index (χ0n) is 11.4. The Bertz CT molecular complexity index is 604. The molecular formula is C14H17N5O. The molecule has 0 saturated carbocycles. The molecule has 0 fully saturated rings. The van der Waals surface area contributed by atoms with E-state index in [0.717, 1.165) is 24.6 Å². The van der Waals surface area contributed by atoms with Gasteiger partial charge < -0.3 is 14.8 Å². The predicted molar refractivity (Wildman–Crippen MR) is 75.4 cm³/mol. The van der Waals surface area contributed by atoms with Crippen molar-refractivity contribution in [2.75, 3.05) is 18.4 Å². The highest BCUT2D eigenvalue weighted by atomic mass is 16.2. The average Bonchev–Trinajstić information content (AvgIpc) is 2.95. The Morgan fingerprint density at radius 3 is 2.85 bits per heavy atom. The van der Waals surface area contributed by atoms with Crippen LogP contribution in [0.15, 0.2) is 30.6 Å². The van der Waals surface area contributed by atoms with Crippen LogP contribution in [-0.4, -0.2) is 38.7 Å².